The van der Waals surface area contributed by atoms with E-state index in [4.69, 9.17) is 9.47 Å². The molecule has 0 amide bonds. The molecule has 25 heavy (non-hydrogen) atoms. The van der Waals surface area contributed by atoms with Crippen LogP contribution >= 0.6 is 0 Å². The first kappa shape index (κ1) is 16.8. The lowest BCUT2D eigenvalue weighted by molar-refractivity contribution is 0.354. The van der Waals surface area contributed by atoms with Gasteiger partial charge in [0, 0.05) is 17.7 Å². The molecule has 3 rings (SSSR count). The first-order chi connectivity index (χ1) is 12.1. The van der Waals surface area contributed by atoms with Crippen molar-refractivity contribution in [3.8, 4) is 17.2 Å². The first-order valence-electron chi connectivity index (χ1n) is 7.94. The molecule has 0 fully saturated rings. The summed E-state index contributed by atoms with van der Waals surface area (Å²) in [6.45, 7) is 1.95. The second kappa shape index (κ2) is 7.21. The summed E-state index contributed by atoms with van der Waals surface area (Å²) in [7, 11) is 3.24. The number of nitrogens with zero attached hydrogens (tertiary/aromatic N) is 2. The van der Waals surface area contributed by atoms with Crippen LogP contribution < -0.4 is 9.47 Å². The predicted molar refractivity (Wildman–Crippen MR) is 100 cm³/mol. The van der Waals surface area contributed by atoms with Gasteiger partial charge in [-0.2, -0.15) is 10.2 Å². The van der Waals surface area contributed by atoms with Crippen LogP contribution in [-0.2, 0) is 6.42 Å². The lowest BCUT2D eigenvalue weighted by Crippen LogP contribution is -2.05. The average Bonchev–Trinajstić information content (AvgIpc) is 2.78. The van der Waals surface area contributed by atoms with Crippen LogP contribution in [0.4, 0.5) is 0 Å². The zero-order valence-corrected chi connectivity index (χ0v) is 14.5. The molecule has 0 atom stereocenters. The minimum atomic E-state index is 0.242. The molecule has 2 aromatic carbocycles. The molecule has 5 nitrogen and oxygen atoms in total. The quantitative estimate of drug-likeness (QED) is 0.922. The summed E-state index contributed by atoms with van der Waals surface area (Å²) < 4.78 is 10.8. The van der Waals surface area contributed by atoms with Gasteiger partial charge < -0.3 is 14.6 Å². The van der Waals surface area contributed by atoms with Crippen LogP contribution in [0.5, 0.6) is 17.2 Å². The molecule has 0 unspecified atom stereocenters. The van der Waals surface area contributed by atoms with E-state index in [-0.39, 0.29) is 5.75 Å². The van der Waals surface area contributed by atoms with E-state index in [2.05, 4.69) is 10.2 Å². The molecule has 0 saturated carbocycles. The Morgan fingerprint density at radius 3 is 2.32 bits per heavy atom. The van der Waals surface area contributed by atoms with Crippen molar-refractivity contribution in [2.24, 2.45) is 10.2 Å². The Balaban J connectivity index is 2.03. The fourth-order valence-electron chi connectivity index (χ4n) is 2.69. The first-order valence-corrected chi connectivity index (χ1v) is 7.94. The van der Waals surface area contributed by atoms with Gasteiger partial charge in [0.15, 0.2) is 11.5 Å². The van der Waals surface area contributed by atoms with Crippen LogP contribution in [0.15, 0.2) is 52.7 Å². The number of phenols is 1. The highest BCUT2D eigenvalue weighted by Crippen LogP contribution is 2.32. The van der Waals surface area contributed by atoms with Gasteiger partial charge in [-0.3, -0.25) is 0 Å². The molecular weight excluding hydrogens is 316 g/mol. The molecule has 0 bridgehead atoms. The van der Waals surface area contributed by atoms with Gasteiger partial charge in [-0.1, -0.05) is 18.2 Å². The van der Waals surface area contributed by atoms with Crippen LogP contribution in [0.25, 0.3) is 6.08 Å². The zero-order chi connectivity index (χ0) is 17.8. The maximum Gasteiger partial charge on any atom is 0.161 e. The molecule has 0 saturated heterocycles. The predicted octanol–water partition coefficient (Wildman–Crippen LogP) is 3.84. The number of rotatable bonds is 4. The Kier molecular flexibility index (Phi) is 4.84. The molecule has 2 aromatic rings. The van der Waals surface area contributed by atoms with Crippen molar-refractivity contribution in [1.82, 2.24) is 0 Å². The Morgan fingerprint density at radius 2 is 1.64 bits per heavy atom. The smallest absolute Gasteiger partial charge is 0.161 e. The number of methoxy groups -OCH3 is 2. The fourth-order valence-corrected chi connectivity index (χ4v) is 2.69. The highest BCUT2D eigenvalue weighted by Gasteiger charge is 2.17. The summed E-state index contributed by atoms with van der Waals surface area (Å²) in [4.78, 5) is 0. The number of benzene rings is 2. The normalized spacial score (nSPS) is 13.7. The molecule has 0 aliphatic carbocycles. The second-order valence-corrected chi connectivity index (χ2v) is 5.79. The van der Waals surface area contributed by atoms with Crippen molar-refractivity contribution in [2.75, 3.05) is 14.2 Å². The third-order valence-corrected chi connectivity index (χ3v) is 3.99. The monoisotopic (exact) mass is 336 g/mol. The molecule has 0 spiro atoms. The lowest BCUT2D eigenvalue weighted by Gasteiger charge is -2.13. The molecule has 1 aliphatic rings. The number of allylic oxidation sites excluding steroid dienone is 1. The number of hydrogen-bond donors (Lipinski definition) is 1. The molecule has 5 heteroatoms. The van der Waals surface area contributed by atoms with Crippen molar-refractivity contribution >= 4 is 17.5 Å². The van der Waals surface area contributed by atoms with Gasteiger partial charge in [0.05, 0.1) is 19.9 Å². The number of ether oxygens (including phenoxy) is 2. The minimum Gasteiger partial charge on any atom is -0.508 e. The van der Waals surface area contributed by atoms with Gasteiger partial charge in [0.25, 0.3) is 0 Å². The summed E-state index contributed by atoms with van der Waals surface area (Å²) in [6, 6.07) is 10.9. The number of aromatic hydroxyl groups is 1. The Labute approximate surface area is 146 Å². The van der Waals surface area contributed by atoms with Crippen LogP contribution in [0.2, 0.25) is 0 Å². The van der Waals surface area contributed by atoms with E-state index >= 15 is 0 Å². The topological polar surface area (TPSA) is 63.4 Å². The Hall–Kier alpha value is -3.08. The number of phenolic OH excluding ortho intramolecular Hbond substituents is 1. The molecule has 0 aromatic heterocycles. The lowest BCUT2D eigenvalue weighted by atomic mass is 9.97. The standard InChI is InChI=1S/C20H20N2O3/c1-13-10-15-11-19(24-2)20(25-3)12-17(15)18(22-21-13)9-6-14-4-7-16(23)8-5-14/h4-9,11-12,23H,10H2,1-3H3/b9-6+. The summed E-state index contributed by atoms with van der Waals surface area (Å²) in [5, 5.41) is 18.1. The molecule has 0 radical (unpaired) electrons. The van der Waals surface area contributed by atoms with E-state index in [9.17, 15) is 5.11 Å². The van der Waals surface area contributed by atoms with Crippen molar-refractivity contribution in [3.63, 3.8) is 0 Å². The van der Waals surface area contributed by atoms with Crippen LogP contribution in [-0.4, -0.2) is 30.7 Å². The number of fused-ring (bicyclic) bond motifs is 1. The molecule has 1 N–H and O–H groups in total. The summed E-state index contributed by atoms with van der Waals surface area (Å²) in [5.41, 5.74) is 4.70. The molecule has 128 valence electrons. The van der Waals surface area contributed by atoms with Crippen LogP contribution in [0.1, 0.15) is 23.6 Å². The van der Waals surface area contributed by atoms with E-state index in [0.717, 1.165) is 28.1 Å². The van der Waals surface area contributed by atoms with E-state index in [0.29, 0.717) is 17.9 Å². The highest BCUT2D eigenvalue weighted by atomic mass is 16.5. The number of hydrogen-bond acceptors (Lipinski definition) is 5. The third-order valence-electron chi connectivity index (χ3n) is 3.99. The van der Waals surface area contributed by atoms with Gasteiger partial charge in [-0.05, 0) is 48.4 Å². The maximum atomic E-state index is 9.39. The largest absolute Gasteiger partial charge is 0.508 e. The summed E-state index contributed by atoms with van der Waals surface area (Å²) >= 11 is 0. The SMILES string of the molecule is COc1cc2c(cc1OC)C(/C=C/c1ccc(O)cc1)=NN=C(C)C2. The Morgan fingerprint density at radius 1 is 0.960 bits per heavy atom. The summed E-state index contributed by atoms with van der Waals surface area (Å²) in [5.74, 6) is 1.59. The second-order valence-electron chi connectivity index (χ2n) is 5.79. The highest BCUT2D eigenvalue weighted by molar-refractivity contribution is 6.13. The molecular formula is C20H20N2O3. The van der Waals surface area contributed by atoms with E-state index in [1.807, 2.05) is 43.3 Å². The Bertz CT molecular complexity index is 865. The van der Waals surface area contributed by atoms with Crippen molar-refractivity contribution < 1.29 is 14.6 Å². The van der Waals surface area contributed by atoms with Crippen molar-refractivity contribution in [1.29, 1.82) is 0 Å². The van der Waals surface area contributed by atoms with Crippen molar-refractivity contribution in [2.45, 2.75) is 13.3 Å². The zero-order valence-electron chi connectivity index (χ0n) is 14.5. The van der Waals surface area contributed by atoms with Crippen LogP contribution in [0, 0.1) is 0 Å². The summed E-state index contributed by atoms with van der Waals surface area (Å²) in [6.07, 6.45) is 4.56. The van der Waals surface area contributed by atoms with Gasteiger partial charge in [0.2, 0.25) is 0 Å². The molecule has 1 heterocycles. The van der Waals surface area contributed by atoms with Gasteiger partial charge in [-0.25, -0.2) is 0 Å². The average molecular weight is 336 g/mol. The van der Waals surface area contributed by atoms with Gasteiger partial charge >= 0.3 is 0 Å². The van der Waals surface area contributed by atoms with Crippen molar-refractivity contribution in [3.05, 3.63) is 59.2 Å². The minimum absolute atomic E-state index is 0.242. The van der Waals surface area contributed by atoms with E-state index in [1.54, 1.807) is 26.4 Å². The van der Waals surface area contributed by atoms with Gasteiger partial charge in [0.1, 0.15) is 5.75 Å². The third kappa shape index (κ3) is 3.71. The van der Waals surface area contributed by atoms with E-state index < -0.39 is 0 Å². The fraction of sp³-hybridized carbons (Fsp3) is 0.200. The van der Waals surface area contributed by atoms with Gasteiger partial charge in [-0.15, -0.1) is 0 Å². The maximum absolute atomic E-state index is 9.39. The van der Waals surface area contributed by atoms with E-state index in [1.165, 1.54) is 0 Å². The molecule has 1 aliphatic heterocycles. The van der Waals surface area contributed by atoms with Crippen LogP contribution in [0.3, 0.4) is 0 Å².